The van der Waals surface area contributed by atoms with E-state index in [0.29, 0.717) is 6.61 Å². The second kappa shape index (κ2) is 10.3. The van der Waals surface area contributed by atoms with E-state index in [2.05, 4.69) is 29.6 Å². The number of methoxy groups -OCH3 is 1. The number of hydrogen-bond donors (Lipinski definition) is 1. The number of ether oxygens (including phenoxy) is 2. The quantitative estimate of drug-likeness (QED) is 0.696. The molecule has 0 atom stereocenters. The van der Waals surface area contributed by atoms with Crippen molar-refractivity contribution in [2.75, 3.05) is 20.3 Å². The first-order valence-electron chi connectivity index (χ1n) is 8.42. The van der Waals surface area contributed by atoms with E-state index in [1.165, 1.54) is 11.1 Å². The van der Waals surface area contributed by atoms with Gasteiger partial charge in [-0.3, -0.25) is 0 Å². The van der Waals surface area contributed by atoms with Crippen LogP contribution in [0.1, 0.15) is 51.2 Å². The van der Waals surface area contributed by atoms with Crippen LogP contribution in [0.25, 0.3) is 0 Å². The molecule has 1 aromatic carbocycles. The molecule has 0 unspecified atom stereocenters. The summed E-state index contributed by atoms with van der Waals surface area (Å²) in [5.41, 5.74) is 2.41. The van der Waals surface area contributed by atoms with Crippen molar-refractivity contribution < 1.29 is 14.3 Å². The Balaban J connectivity index is 2.25. The number of carbonyl (C=O) groups excluding carboxylic acids is 1. The molecule has 0 spiro atoms. The standard InChI is InChI=1S/C19H31NO3/c1-19(2,3)20-18(21)23-14-8-12-17-11-7-10-16(15-17)9-5-6-13-22-4/h7,10-11,15H,5-6,8-9,12-14H2,1-4H3,(H,20,21). The summed E-state index contributed by atoms with van der Waals surface area (Å²) in [5, 5.41) is 2.79. The fraction of sp³-hybridized carbons (Fsp3) is 0.632. The lowest BCUT2D eigenvalue weighted by Crippen LogP contribution is -2.41. The third kappa shape index (κ3) is 9.95. The average Bonchev–Trinajstić information content (AvgIpc) is 2.47. The van der Waals surface area contributed by atoms with Crippen LogP contribution in [0.4, 0.5) is 4.79 Å². The van der Waals surface area contributed by atoms with Crippen molar-refractivity contribution in [2.45, 2.75) is 58.4 Å². The Labute approximate surface area is 140 Å². The van der Waals surface area contributed by atoms with Crippen molar-refractivity contribution in [3.63, 3.8) is 0 Å². The van der Waals surface area contributed by atoms with Crippen molar-refractivity contribution >= 4 is 6.09 Å². The summed E-state index contributed by atoms with van der Waals surface area (Å²) in [4.78, 5) is 11.6. The number of amides is 1. The van der Waals surface area contributed by atoms with Crippen molar-refractivity contribution in [2.24, 2.45) is 0 Å². The Morgan fingerprint density at radius 1 is 1.04 bits per heavy atom. The van der Waals surface area contributed by atoms with Crippen molar-refractivity contribution in [1.29, 1.82) is 0 Å². The lowest BCUT2D eigenvalue weighted by Gasteiger charge is -2.19. The second-order valence-electron chi connectivity index (χ2n) is 6.88. The number of hydrogen-bond acceptors (Lipinski definition) is 3. The predicted molar refractivity (Wildman–Crippen MR) is 93.8 cm³/mol. The van der Waals surface area contributed by atoms with Gasteiger partial charge in [0.1, 0.15) is 0 Å². The highest BCUT2D eigenvalue weighted by Gasteiger charge is 2.14. The molecule has 0 aromatic heterocycles. The number of aryl methyl sites for hydroxylation is 2. The first kappa shape index (κ1) is 19.5. The Morgan fingerprint density at radius 3 is 2.30 bits per heavy atom. The molecule has 0 saturated heterocycles. The first-order chi connectivity index (χ1) is 10.9. The minimum Gasteiger partial charge on any atom is -0.450 e. The number of carbonyl (C=O) groups is 1. The van der Waals surface area contributed by atoms with Crippen molar-refractivity contribution in [3.8, 4) is 0 Å². The van der Waals surface area contributed by atoms with Gasteiger partial charge in [-0.2, -0.15) is 0 Å². The van der Waals surface area contributed by atoms with Gasteiger partial charge in [-0.15, -0.1) is 0 Å². The smallest absolute Gasteiger partial charge is 0.407 e. The Hall–Kier alpha value is -1.55. The molecule has 4 heteroatoms. The molecule has 0 aliphatic carbocycles. The first-order valence-corrected chi connectivity index (χ1v) is 8.42. The average molecular weight is 321 g/mol. The lowest BCUT2D eigenvalue weighted by molar-refractivity contribution is 0.136. The summed E-state index contributed by atoms with van der Waals surface area (Å²) in [7, 11) is 1.74. The van der Waals surface area contributed by atoms with Crippen molar-refractivity contribution in [3.05, 3.63) is 35.4 Å². The van der Waals surface area contributed by atoms with E-state index in [-0.39, 0.29) is 11.6 Å². The lowest BCUT2D eigenvalue weighted by atomic mass is 10.0. The molecule has 130 valence electrons. The van der Waals surface area contributed by atoms with E-state index in [4.69, 9.17) is 9.47 Å². The van der Waals surface area contributed by atoms with E-state index in [1.54, 1.807) is 7.11 Å². The molecule has 0 heterocycles. The van der Waals surface area contributed by atoms with Gasteiger partial charge < -0.3 is 14.8 Å². The summed E-state index contributed by atoms with van der Waals surface area (Å²) in [6, 6.07) is 8.66. The molecule has 0 aliphatic heterocycles. The number of nitrogens with one attached hydrogen (secondary N) is 1. The maximum atomic E-state index is 11.6. The molecule has 0 saturated carbocycles. The third-order valence-electron chi connectivity index (χ3n) is 3.38. The number of alkyl carbamates (subject to hydrolysis) is 1. The Kier molecular flexibility index (Phi) is 8.70. The third-order valence-corrected chi connectivity index (χ3v) is 3.38. The van der Waals surface area contributed by atoms with Gasteiger partial charge in [0.05, 0.1) is 6.61 Å². The van der Waals surface area contributed by atoms with Gasteiger partial charge in [-0.05, 0) is 64.0 Å². The van der Waals surface area contributed by atoms with Gasteiger partial charge >= 0.3 is 6.09 Å². The molecule has 1 amide bonds. The minimum absolute atomic E-state index is 0.256. The maximum Gasteiger partial charge on any atom is 0.407 e. The van der Waals surface area contributed by atoms with Gasteiger partial charge in [0, 0.05) is 19.3 Å². The molecule has 23 heavy (non-hydrogen) atoms. The zero-order chi connectivity index (χ0) is 17.1. The normalized spacial score (nSPS) is 11.3. The molecule has 0 fully saturated rings. The van der Waals surface area contributed by atoms with Crippen LogP contribution >= 0.6 is 0 Å². The van der Waals surface area contributed by atoms with Crippen LogP contribution in [-0.2, 0) is 22.3 Å². The molecule has 4 nitrogen and oxygen atoms in total. The van der Waals surface area contributed by atoms with Gasteiger partial charge in [0.25, 0.3) is 0 Å². The summed E-state index contributed by atoms with van der Waals surface area (Å²) >= 11 is 0. The van der Waals surface area contributed by atoms with Crippen LogP contribution in [0.2, 0.25) is 0 Å². The SMILES string of the molecule is COCCCCc1cccc(CCCOC(=O)NC(C)(C)C)c1. The maximum absolute atomic E-state index is 11.6. The highest BCUT2D eigenvalue weighted by Crippen LogP contribution is 2.11. The van der Waals surface area contributed by atoms with Crippen LogP contribution in [0.15, 0.2) is 24.3 Å². The Bertz CT molecular complexity index is 466. The van der Waals surface area contributed by atoms with E-state index in [0.717, 1.165) is 38.7 Å². The number of benzene rings is 1. The zero-order valence-electron chi connectivity index (χ0n) is 15.0. The second-order valence-corrected chi connectivity index (χ2v) is 6.88. The predicted octanol–water partition coefficient (Wildman–Crippen LogP) is 4.11. The molecule has 0 aliphatic rings. The number of unbranched alkanes of at least 4 members (excludes halogenated alkanes) is 1. The number of rotatable bonds is 9. The largest absolute Gasteiger partial charge is 0.450 e. The highest BCUT2D eigenvalue weighted by molar-refractivity contribution is 5.67. The zero-order valence-corrected chi connectivity index (χ0v) is 15.0. The van der Waals surface area contributed by atoms with Gasteiger partial charge in [-0.1, -0.05) is 24.3 Å². The fourth-order valence-corrected chi connectivity index (χ4v) is 2.30. The summed E-state index contributed by atoms with van der Waals surface area (Å²) < 4.78 is 10.3. The van der Waals surface area contributed by atoms with Crippen LogP contribution in [0.5, 0.6) is 0 Å². The summed E-state index contributed by atoms with van der Waals surface area (Å²) in [6.07, 6.45) is 4.75. The van der Waals surface area contributed by atoms with Gasteiger partial charge in [0.2, 0.25) is 0 Å². The van der Waals surface area contributed by atoms with Crippen molar-refractivity contribution in [1.82, 2.24) is 5.32 Å². The van der Waals surface area contributed by atoms with E-state index in [1.807, 2.05) is 20.8 Å². The molecular weight excluding hydrogens is 290 g/mol. The van der Waals surface area contributed by atoms with Gasteiger partial charge in [0.15, 0.2) is 0 Å². The molecule has 1 rings (SSSR count). The van der Waals surface area contributed by atoms with Crippen LogP contribution in [0.3, 0.4) is 0 Å². The van der Waals surface area contributed by atoms with Crippen LogP contribution < -0.4 is 5.32 Å². The molecule has 1 N–H and O–H groups in total. The van der Waals surface area contributed by atoms with E-state index < -0.39 is 0 Å². The minimum atomic E-state index is -0.343. The molecule has 0 radical (unpaired) electrons. The topological polar surface area (TPSA) is 47.6 Å². The van der Waals surface area contributed by atoms with Crippen LogP contribution in [0, 0.1) is 0 Å². The molecule has 1 aromatic rings. The molecular formula is C19H31NO3. The monoisotopic (exact) mass is 321 g/mol. The van der Waals surface area contributed by atoms with E-state index in [9.17, 15) is 4.79 Å². The fourth-order valence-electron chi connectivity index (χ4n) is 2.30. The molecule has 0 bridgehead atoms. The summed E-state index contributed by atoms with van der Waals surface area (Å²) in [6.45, 7) is 7.08. The summed E-state index contributed by atoms with van der Waals surface area (Å²) in [5.74, 6) is 0. The van der Waals surface area contributed by atoms with Crippen LogP contribution in [-0.4, -0.2) is 32.0 Å². The highest BCUT2D eigenvalue weighted by atomic mass is 16.5. The van der Waals surface area contributed by atoms with E-state index >= 15 is 0 Å². The Morgan fingerprint density at radius 2 is 1.70 bits per heavy atom. The van der Waals surface area contributed by atoms with Gasteiger partial charge in [-0.25, -0.2) is 4.79 Å².